The van der Waals surface area contributed by atoms with Gasteiger partial charge in [0.2, 0.25) is 0 Å². The summed E-state index contributed by atoms with van der Waals surface area (Å²) in [6.45, 7) is 4.43. The molecule has 0 amide bonds. The van der Waals surface area contributed by atoms with Crippen LogP contribution >= 0.6 is 0 Å². The van der Waals surface area contributed by atoms with Crippen LogP contribution in [0.3, 0.4) is 0 Å². The molecule has 16 heavy (non-hydrogen) atoms. The summed E-state index contributed by atoms with van der Waals surface area (Å²) in [5.41, 5.74) is 0. The topological polar surface area (TPSA) is 60.2 Å². The van der Waals surface area contributed by atoms with Gasteiger partial charge < -0.3 is 14.4 Å². The van der Waals surface area contributed by atoms with Crippen molar-refractivity contribution in [3.05, 3.63) is 11.6 Å². The van der Waals surface area contributed by atoms with E-state index in [9.17, 15) is 5.11 Å². The summed E-state index contributed by atoms with van der Waals surface area (Å²) in [4.78, 5) is 0. The fraction of sp³-hybridized carbons (Fsp3) is 0.818. The van der Waals surface area contributed by atoms with Gasteiger partial charge in [-0.3, -0.25) is 0 Å². The van der Waals surface area contributed by atoms with Gasteiger partial charge in [-0.15, -0.1) is 10.2 Å². The standard InChI is InChI=1S/C11H19N3O2/c1-2-5-16-8-11-13-12-10-4-3-9(7-15)6-14(10)11/h9,15H,2-8H2,1H3. The van der Waals surface area contributed by atoms with E-state index >= 15 is 0 Å². The number of aryl methyl sites for hydroxylation is 1. The average Bonchev–Trinajstić information content (AvgIpc) is 2.72. The Hall–Kier alpha value is -0.940. The highest BCUT2D eigenvalue weighted by atomic mass is 16.5. The van der Waals surface area contributed by atoms with Gasteiger partial charge >= 0.3 is 0 Å². The van der Waals surface area contributed by atoms with Gasteiger partial charge in [0.05, 0.1) is 0 Å². The van der Waals surface area contributed by atoms with Crippen LogP contribution in [-0.4, -0.2) is 33.1 Å². The molecule has 0 saturated carbocycles. The van der Waals surface area contributed by atoms with Gasteiger partial charge in [0.25, 0.3) is 0 Å². The molecule has 0 radical (unpaired) electrons. The summed E-state index contributed by atoms with van der Waals surface area (Å²) in [7, 11) is 0. The minimum Gasteiger partial charge on any atom is -0.396 e. The quantitative estimate of drug-likeness (QED) is 0.752. The second-order valence-electron chi connectivity index (χ2n) is 4.28. The molecular weight excluding hydrogens is 206 g/mol. The molecule has 1 aromatic rings. The molecule has 1 N–H and O–H groups in total. The Balaban J connectivity index is 2.01. The number of nitrogens with zero attached hydrogens (tertiary/aromatic N) is 3. The van der Waals surface area contributed by atoms with Crippen LogP contribution in [0.5, 0.6) is 0 Å². The molecule has 0 fully saturated rings. The summed E-state index contributed by atoms with van der Waals surface area (Å²) in [5.74, 6) is 2.26. The van der Waals surface area contributed by atoms with Crippen molar-refractivity contribution in [3.63, 3.8) is 0 Å². The van der Waals surface area contributed by atoms with E-state index in [0.717, 1.165) is 44.1 Å². The molecule has 0 bridgehead atoms. The van der Waals surface area contributed by atoms with E-state index in [2.05, 4.69) is 21.7 Å². The molecule has 0 spiro atoms. The maximum absolute atomic E-state index is 9.17. The van der Waals surface area contributed by atoms with Gasteiger partial charge in [-0.05, 0) is 12.8 Å². The van der Waals surface area contributed by atoms with Gasteiger partial charge in [0, 0.05) is 32.1 Å². The van der Waals surface area contributed by atoms with Crippen molar-refractivity contribution in [2.24, 2.45) is 5.92 Å². The van der Waals surface area contributed by atoms with Gasteiger partial charge in [-0.1, -0.05) is 6.92 Å². The number of aliphatic hydroxyl groups excluding tert-OH is 1. The highest BCUT2D eigenvalue weighted by molar-refractivity contribution is 4.99. The Kier molecular flexibility index (Phi) is 3.90. The number of ether oxygens (including phenoxy) is 1. The summed E-state index contributed by atoms with van der Waals surface area (Å²) >= 11 is 0. The lowest BCUT2D eigenvalue weighted by Crippen LogP contribution is -2.24. The van der Waals surface area contributed by atoms with Crippen LogP contribution in [0.4, 0.5) is 0 Å². The van der Waals surface area contributed by atoms with Crippen LogP contribution in [0.25, 0.3) is 0 Å². The van der Waals surface area contributed by atoms with Crippen molar-refractivity contribution in [1.82, 2.24) is 14.8 Å². The molecule has 1 aliphatic heterocycles. The molecule has 0 saturated heterocycles. The Morgan fingerprint density at radius 3 is 3.12 bits per heavy atom. The van der Waals surface area contributed by atoms with Crippen molar-refractivity contribution < 1.29 is 9.84 Å². The predicted octanol–water partition coefficient (Wildman–Crippen LogP) is 0.759. The fourth-order valence-electron chi connectivity index (χ4n) is 2.01. The van der Waals surface area contributed by atoms with Gasteiger partial charge in [-0.2, -0.15) is 0 Å². The van der Waals surface area contributed by atoms with Crippen LogP contribution in [0.15, 0.2) is 0 Å². The fourth-order valence-corrected chi connectivity index (χ4v) is 2.01. The van der Waals surface area contributed by atoms with Crippen molar-refractivity contribution in [1.29, 1.82) is 0 Å². The van der Waals surface area contributed by atoms with E-state index in [0.29, 0.717) is 12.5 Å². The monoisotopic (exact) mass is 225 g/mol. The normalized spacial score (nSPS) is 19.8. The molecule has 1 unspecified atom stereocenters. The van der Waals surface area contributed by atoms with Crippen LogP contribution in [0.1, 0.15) is 31.4 Å². The minimum atomic E-state index is 0.243. The number of rotatable bonds is 5. The third-order valence-corrected chi connectivity index (χ3v) is 2.96. The number of aliphatic hydroxyl groups is 1. The SMILES string of the molecule is CCCOCc1nnc2n1CC(CO)CC2. The Morgan fingerprint density at radius 1 is 1.50 bits per heavy atom. The first kappa shape index (κ1) is 11.5. The summed E-state index contributed by atoms with van der Waals surface area (Å²) in [6.07, 6.45) is 2.93. The first-order valence-corrected chi connectivity index (χ1v) is 5.94. The lowest BCUT2D eigenvalue weighted by molar-refractivity contribution is 0.110. The molecule has 90 valence electrons. The van der Waals surface area contributed by atoms with Crippen LogP contribution in [-0.2, 0) is 24.3 Å². The lowest BCUT2D eigenvalue weighted by Gasteiger charge is -2.22. The maximum Gasteiger partial charge on any atom is 0.159 e. The molecule has 0 aliphatic carbocycles. The molecule has 1 aliphatic rings. The van der Waals surface area contributed by atoms with Crippen LogP contribution in [0.2, 0.25) is 0 Å². The minimum absolute atomic E-state index is 0.243. The zero-order valence-corrected chi connectivity index (χ0v) is 9.72. The van der Waals surface area contributed by atoms with Crippen molar-refractivity contribution in [2.75, 3.05) is 13.2 Å². The molecule has 2 rings (SSSR count). The van der Waals surface area contributed by atoms with Crippen LogP contribution < -0.4 is 0 Å². The highest BCUT2D eigenvalue weighted by Crippen LogP contribution is 2.19. The van der Waals surface area contributed by atoms with Gasteiger partial charge in [-0.25, -0.2) is 0 Å². The van der Waals surface area contributed by atoms with Crippen molar-refractivity contribution in [2.45, 2.75) is 39.3 Å². The Morgan fingerprint density at radius 2 is 2.38 bits per heavy atom. The second-order valence-corrected chi connectivity index (χ2v) is 4.28. The van der Waals surface area contributed by atoms with E-state index in [-0.39, 0.29) is 6.61 Å². The first-order chi connectivity index (χ1) is 7.85. The van der Waals surface area contributed by atoms with E-state index in [1.165, 1.54) is 0 Å². The van der Waals surface area contributed by atoms with E-state index in [1.807, 2.05) is 0 Å². The molecule has 1 aromatic heterocycles. The third kappa shape index (κ3) is 2.41. The predicted molar refractivity (Wildman–Crippen MR) is 58.9 cm³/mol. The van der Waals surface area contributed by atoms with Gasteiger partial charge in [0.15, 0.2) is 5.82 Å². The Labute approximate surface area is 95.4 Å². The molecule has 0 aromatic carbocycles. The molecule has 1 atom stereocenters. The second kappa shape index (κ2) is 5.41. The average molecular weight is 225 g/mol. The molecule has 5 heteroatoms. The number of fused-ring (bicyclic) bond motifs is 1. The largest absolute Gasteiger partial charge is 0.396 e. The zero-order valence-electron chi connectivity index (χ0n) is 9.72. The number of hydrogen-bond acceptors (Lipinski definition) is 4. The smallest absolute Gasteiger partial charge is 0.159 e. The lowest BCUT2D eigenvalue weighted by atomic mass is 10.0. The third-order valence-electron chi connectivity index (χ3n) is 2.96. The summed E-state index contributed by atoms with van der Waals surface area (Å²) in [5, 5.41) is 17.5. The van der Waals surface area contributed by atoms with E-state index < -0.39 is 0 Å². The first-order valence-electron chi connectivity index (χ1n) is 5.94. The molecule has 2 heterocycles. The van der Waals surface area contributed by atoms with Crippen LogP contribution in [0, 0.1) is 5.92 Å². The van der Waals surface area contributed by atoms with E-state index in [4.69, 9.17) is 4.74 Å². The highest BCUT2D eigenvalue weighted by Gasteiger charge is 2.22. The maximum atomic E-state index is 9.17. The Bertz CT molecular complexity index is 338. The molecule has 5 nitrogen and oxygen atoms in total. The summed E-state index contributed by atoms with van der Waals surface area (Å²) in [6, 6.07) is 0. The number of aromatic nitrogens is 3. The van der Waals surface area contributed by atoms with Crippen molar-refractivity contribution in [3.8, 4) is 0 Å². The van der Waals surface area contributed by atoms with Gasteiger partial charge in [0.1, 0.15) is 12.4 Å². The zero-order chi connectivity index (χ0) is 11.4. The van der Waals surface area contributed by atoms with E-state index in [1.54, 1.807) is 0 Å². The van der Waals surface area contributed by atoms with Crippen molar-refractivity contribution >= 4 is 0 Å². The number of hydrogen-bond donors (Lipinski definition) is 1. The summed E-state index contributed by atoms with van der Waals surface area (Å²) < 4.78 is 7.57. The molecular formula is C11H19N3O2.